The predicted molar refractivity (Wildman–Crippen MR) is 79.1 cm³/mol. The van der Waals surface area contributed by atoms with Gasteiger partial charge in [-0.1, -0.05) is 13.0 Å². The van der Waals surface area contributed by atoms with Crippen LogP contribution in [0.3, 0.4) is 0 Å². The van der Waals surface area contributed by atoms with Crippen LogP contribution in [0.25, 0.3) is 0 Å². The lowest BCUT2D eigenvalue weighted by molar-refractivity contribution is 0.959. The van der Waals surface area contributed by atoms with Crippen molar-refractivity contribution in [3.63, 3.8) is 0 Å². The van der Waals surface area contributed by atoms with Gasteiger partial charge in [-0.25, -0.2) is 9.97 Å². The monoisotopic (exact) mass is 323 g/mol. The number of rotatable bonds is 5. The van der Waals surface area contributed by atoms with Crippen molar-refractivity contribution >= 4 is 33.5 Å². The average Bonchev–Trinajstić information content (AvgIpc) is 2.40. The third-order valence-corrected chi connectivity index (χ3v) is 4.06. The van der Waals surface area contributed by atoms with E-state index in [1.54, 1.807) is 18.0 Å². The number of nitrogens with one attached hydrogen (secondary N) is 1. The van der Waals surface area contributed by atoms with Crippen LogP contribution >= 0.6 is 27.7 Å². The van der Waals surface area contributed by atoms with Crippen LogP contribution in [0.5, 0.6) is 0 Å². The van der Waals surface area contributed by atoms with Gasteiger partial charge in [0.1, 0.15) is 15.9 Å². The van der Waals surface area contributed by atoms with Crippen LogP contribution in [0, 0.1) is 0 Å². The fourth-order valence-electron chi connectivity index (χ4n) is 1.37. The van der Waals surface area contributed by atoms with Crippen molar-refractivity contribution in [3.8, 4) is 0 Å². The van der Waals surface area contributed by atoms with Gasteiger partial charge >= 0.3 is 0 Å². The van der Waals surface area contributed by atoms with Crippen molar-refractivity contribution in [2.24, 2.45) is 0 Å². The van der Waals surface area contributed by atoms with Crippen LogP contribution in [-0.4, -0.2) is 16.5 Å². The molecule has 2 rings (SSSR count). The summed E-state index contributed by atoms with van der Waals surface area (Å²) in [5.74, 6) is 0.911. The van der Waals surface area contributed by atoms with Gasteiger partial charge in [-0.15, -0.1) is 0 Å². The quantitative estimate of drug-likeness (QED) is 0.894. The SMILES string of the molecule is CCCNc1cccc(Sc2ncccc2Br)n1. The smallest absolute Gasteiger partial charge is 0.127 e. The Morgan fingerprint density at radius 2 is 2.17 bits per heavy atom. The summed E-state index contributed by atoms with van der Waals surface area (Å²) in [5, 5.41) is 5.15. The second kappa shape index (κ2) is 6.75. The average molecular weight is 324 g/mol. The lowest BCUT2D eigenvalue weighted by Gasteiger charge is -2.06. The van der Waals surface area contributed by atoms with Gasteiger partial charge in [-0.2, -0.15) is 0 Å². The van der Waals surface area contributed by atoms with Gasteiger partial charge in [0, 0.05) is 12.7 Å². The molecule has 0 aliphatic rings. The van der Waals surface area contributed by atoms with Crippen LogP contribution < -0.4 is 5.32 Å². The summed E-state index contributed by atoms with van der Waals surface area (Å²) in [6.45, 7) is 3.07. The Kier molecular flexibility index (Phi) is 5.01. The highest BCUT2D eigenvalue weighted by Gasteiger charge is 2.04. The van der Waals surface area contributed by atoms with E-state index < -0.39 is 0 Å². The Bertz CT molecular complexity index is 519. The fraction of sp³-hybridized carbons (Fsp3) is 0.231. The van der Waals surface area contributed by atoms with Gasteiger partial charge in [0.2, 0.25) is 0 Å². The van der Waals surface area contributed by atoms with Crippen molar-refractivity contribution < 1.29 is 0 Å². The summed E-state index contributed by atoms with van der Waals surface area (Å²) < 4.78 is 0.990. The van der Waals surface area contributed by atoms with E-state index in [2.05, 4.69) is 38.1 Å². The predicted octanol–water partition coefficient (Wildman–Crippen LogP) is 4.21. The van der Waals surface area contributed by atoms with Crippen molar-refractivity contribution in [1.82, 2.24) is 9.97 Å². The van der Waals surface area contributed by atoms with E-state index >= 15 is 0 Å². The third kappa shape index (κ3) is 3.71. The molecule has 94 valence electrons. The number of anilines is 1. The normalized spacial score (nSPS) is 10.3. The van der Waals surface area contributed by atoms with E-state index in [0.717, 1.165) is 33.3 Å². The highest BCUT2D eigenvalue weighted by Crippen LogP contribution is 2.30. The minimum atomic E-state index is 0.911. The molecule has 2 heterocycles. The summed E-state index contributed by atoms with van der Waals surface area (Å²) in [5.41, 5.74) is 0. The van der Waals surface area contributed by atoms with Gasteiger partial charge in [0.05, 0.1) is 4.47 Å². The molecule has 2 aromatic heterocycles. The molecular formula is C13H14BrN3S. The number of halogens is 1. The van der Waals surface area contributed by atoms with Crippen molar-refractivity contribution in [1.29, 1.82) is 0 Å². The van der Waals surface area contributed by atoms with Crippen LogP contribution in [0.1, 0.15) is 13.3 Å². The summed E-state index contributed by atoms with van der Waals surface area (Å²) >= 11 is 5.04. The zero-order valence-corrected chi connectivity index (χ0v) is 12.5. The molecular weight excluding hydrogens is 310 g/mol. The topological polar surface area (TPSA) is 37.8 Å². The van der Waals surface area contributed by atoms with Gasteiger partial charge in [-0.3, -0.25) is 0 Å². The maximum absolute atomic E-state index is 4.54. The Morgan fingerprint density at radius 3 is 2.94 bits per heavy atom. The molecule has 0 spiro atoms. The molecule has 2 aromatic rings. The Hall–Kier alpha value is -1.07. The Labute approximate surface area is 120 Å². The molecule has 0 aromatic carbocycles. The second-order valence-corrected chi connectivity index (χ2v) is 5.54. The Morgan fingerprint density at radius 1 is 1.28 bits per heavy atom. The first kappa shape index (κ1) is 13.4. The van der Waals surface area contributed by atoms with Gasteiger partial charge < -0.3 is 5.32 Å². The molecule has 1 N–H and O–H groups in total. The molecule has 18 heavy (non-hydrogen) atoms. The lowest BCUT2D eigenvalue weighted by atomic mass is 10.4. The lowest BCUT2D eigenvalue weighted by Crippen LogP contribution is -2.01. The van der Waals surface area contributed by atoms with Crippen LogP contribution in [0.2, 0.25) is 0 Å². The molecule has 0 saturated carbocycles. The number of hydrogen-bond donors (Lipinski definition) is 1. The van der Waals surface area contributed by atoms with E-state index in [9.17, 15) is 0 Å². The second-order valence-electron chi connectivity index (χ2n) is 3.68. The van der Waals surface area contributed by atoms with Crippen LogP contribution in [0.15, 0.2) is 51.1 Å². The van der Waals surface area contributed by atoms with Gasteiger partial charge in [-0.05, 0) is 58.4 Å². The number of pyridine rings is 2. The van der Waals surface area contributed by atoms with Gasteiger partial charge in [0.15, 0.2) is 0 Å². The Balaban J connectivity index is 2.12. The molecule has 0 atom stereocenters. The maximum atomic E-state index is 4.54. The molecule has 0 unspecified atom stereocenters. The zero-order chi connectivity index (χ0) is 12.8. The van der Waals surface area contributed by atoms with Gasteiger partial charge in [0.25, 0.3) is 0 Å². The van der Waals surface area contributed by atoms with E-state index in [0.29, 0.717) is 0 Å². The summed E-state index contributed by atoms with van der Waals surface area (Å²) in [6, 6.07) is 9.86. The fourth-order valence-corrected chi connectivity index (χ4v) is 2.63. The number of hydrogen-bond acceptors (Lipinski definition) is 4. The third-order valence-electron chi connectivity index (χ3n) is 2.21. The molecule has 0 bridgehead atoms. The number of aromatic nitrogens is 2. The van der Waals surface area contributed by atoms with Crippen LogP contribution in [-0.2, 0) is 0 Å². The van der Waals surface area contributed by atoms with E-state index in [1.165, 1.54) is 0 Å². The highest BCUT2D eigenvalue weighted by molar-refractivity contribution is 9.10. The first-order valence-corrected chi connectivity index (χ1v) is 7.40. The molecule has 0 saturated heterocycles. The minimum absolute atomic E-state index is 0.911. The van der Waals surface area contributed by atoms with Crippen LogP contribution in [0.4, 0.5) is 5.82 Å². The van der Waals surface area contributed by atoms with Crippen molar-refractivity contribution in [2.75, 3.05) is 11.9 Å². The summed E-state index contributed by atoms with van der Waals surface area (Å²) in [7, 11) is 0. The molecule has 3 nitrogen and oxygen atoms in total. The molecule has 0 amide bonds. The summed E-state index contributed by atoms with van der Waals surface area (Å²) in [4.78, 5) is 8.86. The van der Waals surface area contributed by atoms with E-state index in [1.807, 2.05) is 30.3 Å². The molecule has 0 radical (unpaired) electrons. The van der Waals surface area contributed by atoms with Crippen molar-refractivity contribution in [2.45, 2.75) is 23.4 Å². The van der Waals surface area contributed by atoms with E-state index in [-0.39, 0.29) is 0 Å². The first-order chi connectivity index (χ1) is 8.79. The zero-order valence-electron chi connectivity index (χ0n) is 10.1. The molecule has 5 heteroatoms. The summed E-state index contributed by atoms with van der Waals surface area (Å²) in [6.07, 6.45) is 2.87. The van der Waals surface area contributed by atoms with Crippen molar-refractivity contribution in [3.05, 3.63) is 41.0 Å². The standard InChI is InChI=1S/C13H14BrN3S/c1-2-8-15-11-6-3-7-12(17-11)18-13-10(14)5-4-9-16-13/h3-7,9H,2,8H2,1H3,(H,15,17). The largest absolute Gasteiger partial charge is 0.370 e. The molecule has 0 fully saturated rings. The highest BCUT2D eigenvalue weighted by atomic mass is 79.9. The van der Waals surface area contributed by atoms with E-state index in [4.69, 9.17) is 0 Å². The molecule has 0 aliphatic carbocycles. The number of nitrogens with zero attached hydrogens (tertiary/aromatic N) is 2. The molecule has 0 aliphatic heterocycles. The first-order valence-electron chi connectivity index (χ1n) is 5.79. The maximum Gasteiger partial charge on any atom is 0.127 e. The minimum Gasteiger partial charge on any atom is -0.370 e.